The molecule has 8 heteroatoms. The molecule has 6 nitrogen and oxygen atoms in total. The molecule has 0 aromatic heterocycles. The van der Waals surface area contributed by atoms with Crippen LogP contribution in [-0.2, 0) is 9.59 Å². The molecule has 0 bridgehead atoms. The predicted octanol–water partition coefficient (Wildman–Crippen LogP) is 2.82. The first-order valence-corrected chi connectivity index (χ1v) is 9.27. The Morgan fingerprint density at radius 3 is 2.59 bits per heavy atom. The van der Waals surface area contributed by atoms with Crippen LogP contribution in [0.4, 0.5) is 19.3 Å². The van der Waals surface area contributed by atoms with Gasteiger partial charge in [0, 0.05) is 24.6 Å². The summed E-state index contributed by atoms with van der Waals surface area (Å²) >= 11 is 0. The fraction of sp³-hybridized carbons (Fsp3) is 0.526. The van der Waals surface area contributed by atoms with Crippen molar-refractivity contribution in [3.05, 3.63) is 29.8 Å². The van der Waals surface area contributed by atoms with Crippen molar-refractivity contribution >= 4 is 23.5 Å². The molecule has 0 aliphatic carbocycles. The Labute approximate surface area is 156 Å². The number of piperidine rings is 1. The van der Waals surface area contributed by atoms with E-state index in [0.29, 0.717) is 19.0 Å². The second-order valence-corrected chi connectivity index (χ2v) is 7.00. The Morgan fingerprint density at radius 1 is 1.26 bits per heavy atom. The van der Waals surface area contributed by atoms with Gasteiger partial charge in [0.2, 0.25) is 5.91 Å². The van der Waals surface area contributed by atoms with Crippen LogP contribution >= 0.6 is 0 Å². The van der Waals surface area contributed by atoms with Crippen LogP contribution in [0.3, 0.4) is 0 Å². The first-order chi connectivity index (χ1) is 12.9. The fourth-order valence-electron chi connectivity index (χ4n) is 3.79. The molecule has 2 aliphatic rings. The lowest BCUT2D eigenvalue weighted by Crippen LogP contribution is -2.50. The summed E-state index contributed by atoms with van der Waals surface area (Å²) in [6.07, 6.45) is 2.29. The average molecular weight is 379 g/mol. The molecule has 1 aromatic rings. The number of benzene rings is 1. The van der Waals surface area contributed by atoms with Crippen LogP contribution in [0.5, 0.6) is 0 Å². The van der Waals surface area contributed by atoms with E-state index >= 15 is 0 Å². The zero-order valence-corrected chi connectivity index (χ0v) is 15.4. The molecule has 0 radical (unpaired) electrons. The summed E-state index contributed by atoms with van der Waals surface area (Å²) in [4.78, 5) is 39.8. The van der Waals surface area contributed by atoms with Crippen LogP contribution in [-0.4, -0.2) is 41.4 Å². The maximum atomic E-state index is 14.1. The summed E-state index contributed by atoms with van der Waals surface area (Å²) in [5.41, 5.74) is -0.251. The number of carbonyl (C=O) groups excluding carboxylic acids is 3. The van der Waals surface area contributed by atoms with E-state index in [2.05, 4.69) is 5.32 Å². The molecule has 2 atom stereocenters. The Kier molecular flexibility index (Phi) is 5.43. The summed E-state index contributed by atoms with van der Waals surface area (Å²) < 4.78 is 27.2. The highest BCUT2D eigenvalue weighted by molar-refractivity contribution is 6.21. The molecule has 2 unspecified atom stereocenters. The van der Waals surface area contributed by atoms with E-state index in [4.69, 9.17) is 0 Å². The zero-order valence-electron chi connectivity index (χ0n) is 15.4. The molecule has 2 heterocycles. The lowest BCUT2D eigenvalue weighted by molar-refractivity contribution is -0.127. The number of fused-ring (bicyclic) bond motifs is 1. The number of nitrogens with one attached hydrogen (secondary N) is 1. The number of anilines is 1. The first kappa shape index (κ1) is 19.3. The number of carbonyl (C=O) groups is 3. The molecule has 27 heavy (non-hydrogen) atoms. The topological polar surface area (TPSA) is 69.7 Å². The molecule has 3 rings (SSSR count). The van der Waals surface area contributed by atoms with E-state index in [1.165, 1.54) is 4.90 Å². The van der Waals surface area contributed by atoms with Crippen molar-refractivity contribution in [2.75, 3.05) is 11.4 Å². The molecule has 1 N–H and O–H groups in total. The number of urea groups is 1. The van der Waals surface area contributed by atoms with Crippen molar-refractivity contribution in [1.82, 2.24) is 10.2 Å². The summed E-state index contributed by atoms with van der Waals surface area (Å²) in [6, 6.07) is 1.17. The second kappa shape index (κ2) is 7.62. The number of nitrogens with zero attached hydrogens (tertiary/aromatic N) is 2. The second-order valence-electron chi connectivity index (χ2n) is 7.00. The van der Waals surface area contributed by atoms with E-state index in [-0.39, 0.29) is 30.0 Å². The number of amides is 4. The van der Waals surface area contributed by atoms with Crippen molar-refractivity contribution in [2.24, 2.45) is 5.92 Å². The molecular weight excluding hydrogens is 356 g/mol. The molecule has 146 valence electrons. The van der Waals surface area contributed by atoms with E-state index < -0.39 is 29.6 Å². The number of hydrogen-bond acceptors (Lipinski definition) is 3. The van der Waals surface area contributed by atoms with Gasteiger partial charge in [0.15, 0.2) is 0 Å². The highest BCUT2D eigenvalue weighted by Crippen LogP contribution is 2.32. The SMILES string of the molecule is CCC(CC)C(=O)NC1CCN2C(=O)N(c3ccc(F)cc3F)C(=O)C2C1. The Hall–Kier alpha value is -2.51. The van der Waals surface area contributed by atoms with Gasteiger partial charge in [-0.3, -0.25) is 9.59 Å². The van der Waals surface area contributed by atoms with Crippen molar-refractivity contribution in [2.45, 2.75) is 51.6 Å². The Balaban J connectivity index is 1.75. The van der Waals surface area contributed by atoms with E-state index in [9.17, 15) is 23.2 Å². The maximum Gasteiger partial charge on any atom is 0.332 e. The Bertz CT molecular complexity index is 767. The van der Waals surface area contributed by atoms with Crippen molar-refractivity contribution in [3.63, 3.8) is 0 Å². The Morgan fingerprint density at radius 2 is 1.96 bits per heavy atom. The smallest absolute Gasteiger partial charge is 0.332 e. The van der Waals surface area contributed by atoms with Crippen LogP contribution in [0.25, 0.3) is 0 Å². The summed E-state index contributed by atoms with van der Waals surface area (Å²) in [7, 11) is 0. The average Bonchev–Trinajstić information content (AvgIpc) is 2.87. The third-order valence-corrected chi connectivity index (χ3v) is 5.40. The van der Waals surface area contributed by atoms with Crippen LogP contribution in [0, 0.1) is 17.6 Å². The van der Waals surface area contributed by atoms with Gasteiger partial charge in [-0.15, -0.1) is 0 Å². The fourth-order valence-corrected chi connectivity index (χ4v) is 3.79. The van der Waals surface area contributed by atoms with Crippen molar-refractivity contribution in [1.29, 1.82) is 0 Å². The van der Waals surface area contributed by atoms with Gasteiger partial charge >= 0.3 is 6.03 Å². The van der Waals surface area contributed by atoms with Gasteiger partial charge in [-0.25, -0.2) is 18.5 Å². The van der Waals surface area contributed by atoms with Gasteiger partial charge in [0.25, 0.3) is 5.91 Å². The first-order valence-electron chi connectivity index (χ1n) is 9.27. The van der Waals surface area contributed by atoms with Crippen LogP contribution in [0.1, 0.15) is 39.5 Å². The molecule has 4 amide bonds. The number of hydrogen-bond donors (Lipinski definition) is 1. The summed E-state index contributed by atoms with van der Waals surface area (Å²) in [5, 5.41) is 2.97. The van der Waals surface area contributed by atoms with Gasteiger partial charge < -0.3 is 10.2 Å². The van der Waals surface area contributed by atoms with Crippen molar-refractivity contribution in [3.8, 4) is 0 Å². The molecular formula is C19H23F2N3O3. The minimum absolute atomic E-state index is 0.0448. The highest BCUT2D eigenvalue weighted by atomic mass is 19.1. The maximum absolute atomic E-state index is 14.1. The molecule has 0 saturated carbocycles. The normalized spacial score (nSPS) is 22.4. The monoisotopic (exact) mass is 379 g/mol. The van der Waals surface area contributed by atoms with Crippen LogP contribution in [0.2, 0.25) is 0 Å². The largest absolute Gasteiger partial charge is 0.353 e. The van der Waals surface area contributed by atoms with Gasteiger partial charge in [-0.1, -0.05) is 13.8 Å². The molecule has 2 fully saturated rings. The van der Waals surface area contributed by atoms with Gasteiger partial charge in [-0.2, -0.15) is 0 Å². The van der Waals surface area contributed by atoms with Gasteiger partial charge in [-0.05, 0) is 37.8 Å². The lowest BCUT2D eigenvalue weighted by atomic mass is 9.96. The molecule has 0 spiro atoms. The number of imide groups is 1. The highest BCUT2D eigenvalue weighted by Gasteiger charge is 2.49. The molecule has 1 aromatic carbocycles. The number of rotatable bonds is 5. The van der Waals surface area contributed by atoms with Crippen LogP contribution in [0.15, 0.2) is 18.2 Å². The van der Waals surface area contributed by atoms with E-state index in [1.54, 1.807) is 0 Å². The van der Waals surface area contributed by atoms with Crippen LogP contribution < -0.4 is 10.2 Å². The summed E-state index contributed by atoms with van der Waals surface area (Å²) in [6.45, 7) is 4.19. The van der Waals surface area contributed by atoms with E-state index in [1.807, 2.05) is 13.8 Å². The predicted molar refractivity (Wildman–Crippen MR) is 95.0 cm³/mol. The lowest BCUT2D eigenvalue weighted by Gasteiger charge is -2.33. The zero-order chi connectivity index (χ0) is 19.7. The van der Waals surface area contributed by atoms with E-state index in [0.717, 1.165) is 29.9 Å². The number of halogens is 2. The van der Waals surface area contributed by atoms with Gasteiger partial charge in [0.1, 0.15) is 17.7 Å². The molecule has 2 saturated heterocycles. The quantitative estimate of drug-likeness (QED) is 0.800. The third kappa shape index (κ3) is 3.52. The third-order valence-electron chi connectivity index (χ3n) is 5.40. The van der Waals surface area contributed by atoms with Crippen molar-refractivity contribution < 1.29 is 23.2 Å². The minimum atomic E-state index is -0.963. The minimum Gasteiger partial charge on any atom is -0.353 e. The standard InChI is InChI=1S/C19H23F2N3O3/c1-3-11(4-2)17(25)22-13-7-8-23-16(10-13)18(26)24(19(23)27)15-6-5-12(20)9-14(15)21/h5-6,9,11,13,16H,3-4,7-8,10H2,1-2H3,(H,22,25). The molecule has 2 aliphatic heterocycles. The summed E-state index contributed by atoms with van der Waals surface area (Å²) in [5.74, 6) is -2.41. The van der Waals surface area contributed by atoms with Gasteiger partial charge in [0.05, 0.1) is 5.69 Å².